The van der Waals surface area contributed by atoms with Crippen LogP contribution in [0.5, 0.6) is 0 Å². The van der Waals surface area contributed by atoms with E-state index in [1.54, 1.807) is 11.8 Å². The number of amides is 1. The van der Waals surface area contributed by atoms with E-state index < -0.39 is 0 Å². The van der Waals surface area contributed by atoms with Gasteiger partial charge in [-0.1, -0.05) is 23.8 Å². The second kappa shape index (κ2) is 5.93. The van der Waals surface area contributed by atoms with Gasteiger partial charge in [-0.15, -0.1) is 11.8 Å². The fourth-order valence-corrected chi connectivity index (χ4v) is 2.43. The molecule has 0 saturated heterocycles. The molecule has 0 atom stereocenters. The van der Waals surface area contributed by atoms with Gasteiger partial charge in [-0.3, -0.25) is 4.79 Å². The molecule has 0 aliphatic rings. The maximum Gasteiger partial charge on any atom is 0.255 e. The van der Waals surface area contributed by atoms with Crippen molar-refractivity contribution in [3.8, 4) is 0 Å². The van der Waals surface area contributed by atoms with Crippen LogP contribution >= 0.6 is 11.8 Å². The van der Waals surface area contributed by atoms with Crippen molar-refractivity contribution in [3.63, 3.8) is 0 Å². The number of hydrogen-bond donors (Lipinski definition) is 1. The molecule has 1 amide bonds. The molecule has 2 rings (SSSR count). The van der Waals surface area contributed by atoms with Crippen LogP contribution in [0.25, 0.3) is 0 Å². The van der Waals surface area contributed by atoms with Gasteiger partial charge in [0.05, 0.1) is 0 Å². The summed E-state index contributed by atoms with van der Waals surface area (Å²) in [5.74, 6) is -0.0595. The molecule has 0 radical (unpaired) electrons. The lowest BCUT2D eigenvalue weighted by molar-refractivity contribution is 0.102. The largest absolute Gasteiger partial charge is 0.322 e. The van der Waals surface area contributed by atoms with E-state index in [-0.39, 0.29) is 5.91 Å². The molecule has 0 aliphatic heterocycles. The van der Waals surface area contributed by atoms with Crippen LogP contribution in [0.15, 0.2) is 47.4 Å². The summed E-state index contributed by atoms with van der Waals surface area (Å²) in [6.07, 6.45) is 2.02. The molecule has 0 spiro atoms. The van der Waals surface area contributed by atoms with Gasteiger partial charge in [0.2, 0.25) is 0 Å². The maximum absolute atomic E-state index is 12.2. The fraction of sp³-hybridized carbons (Fsp3) is 0.188. The van der Waals surface area contributed by atoms with Gasteiger partial charge in [-0.2, -0.15) is 0 Å². The van der Waals surface area contributed by atoms with Crippen LogP contribution in [0.2, 0.25) is 0 Å². The fourth-order valence-electron chi connectivity index (χ4n) is 1.97. The third-order valence-corrected chi connectivity index (χ3v) is 3.68. The Morgan fingerprint density at radius 3 is 2.58 bits per heavy atom. The Labute approximate surface area is 118 Å². The zero-order valence-electron chi connectivity index (χ0n) is 11.4. The third-order valence-electron chi connectivity index (χ3n) is 2.95. The van der Waals surface area contributed by atoms with Crippen LogP contribution in [0, 0.1) is 13.8 Å². The quantitative estimate of drug-likeness (QED) is 0.844. The zero-order valence-corrected chi connectivity index (χ0v) is 12.2. The molecule has 0 aliphatic carbocycles. The summed E-state index contributed by atoms with van der Waals surface area (Å²) in [6, 6.07) is 13.7. The van der Waals surface area contributed by atoms with Crippen molar-refractivity contribution in [2.24, 2.45) is 0 Å². The minimum atomic E-state index is -0.0595. The smallest absolute Gasteiger partial charge is 0.255 e. The number of nitrogens with one attached hydrogen (secondary N) is 1. The summed E-state index contributed by atoms with van der Waals surface area (Å²) < 4.78 is 0. The van der Waals surface area contributed by atoms with Crippen molar-refractivity contribution < 1.29 is 4.79 Å². The molecular formula is C16H17NOS. The molecule has 0 aromatic heterocycles. The highest BCUT2D eigenvalue weighted by atomic mass is 32.2. The molecule has 0 heterocycles. The van der Waals surface area contributed by atoms with Crippen molar-refractivity contribution in [3.05, 3.63) is 59.2 Å². The summed E-state index contributed by atoms with van der Waals surface area (Å²) in [5, 5.41) is 2.94. The third kappa shape index (κ3) is 3.38. The molecular weight excluding hydrogens is 254 g/mol. The van der Waals surface area contributed by atoms with E-state index in [9.17, 15) is 4.79 Å². The van der Waals surface area contributed by atoms with Gasteiger partial charge in [-0.05, 0) is 49.9 Å². The summed E-state index contributed by atoms with van der Waals surface area (Å²) in [5.41, 5.74) is 3.72. The van der Waals surface area contributed by atoms with Gasteiger partial charge in [-0.25, -0.2) is 0 Å². The molecule has 0 fully saturated rings. The van der Waals surface area contributed by atoms with Crippen LogP contribution < -0.4 is 5.32 Å². The summed E-state index contributed by atoms with van der Waals surface area (Å²) in [4.78, 5) is 13.4. The second-order valence-corrected chi connectivity index (χ2v) is 5.38. The number of hydrogen-bond acceptors (Lipinski definition) is 2. The Bertz CT molecular complexity index is 607. The number of thioether (sulfide) groups is 1. The van der Waals surface area contributed by atoms with E-state index in [0.717, 1.165) is 21.7 Å². The zero-order chi connectivity index (χ0) is 13.8. The molecule has 2 aromatic carbocycles. The highest BCUT2D eigenvalue weighted by molar-refractivity contribution is 7.98. The standard InChI is InChI=1S/C16H17NOS/c1-11-7-8-15(12(2)9-11)16(18)17-13-5-4-6-14(10-13)19-3/h4-10H,1-3H3,(H,17,18). The predicted octanol–water partition coefficient (Wildman–Crippen LogP) is 4.28. The average Bonchev–Trinajstić information content (AvgIpc) is 2.38. The molecule has 0 unspecified atom stereocenters. The summed E-state index contributed by atoms with van der Waals surface area (Å²) >= 11 is 1.66. The Morgan fingerprint density at radius 1 is 1.11 bits per heavy atom. The van der Waals surface area contributed by atoms with Crippen molar-refractivity contribution in [1.29, 1.82) is 0 Å². The average molecular weight is 271 g/mol. The monoisotopic (exact) mass is 271 g/mol. The van der Waals surface area contributed by atoms with E-state index >= 15 is 0 Å². The van der Waals surface area contributed by atoms with Gasteiger partial charge in [0, 0.05) is 16.1 Å². The number of carbonyl (C=O) groups excluding carboxylic acids is 1. The first-order valence-corrected chi connectivity index (χ1v) is 7.35. The van der Waals surface area contributed by atoms with E-state index in [1.807, 2.05) is 62.6 Å². The van der Waals surface area contributed by atoms with E-state index in [2.05, 4.69) is 5.32 Å². The Kier molecular flexibility index (Phi) is 4.27. The molecule has 1 N–H and O–H groups in total. The van der Waals surface area contributed by atoms with Gasteiger partial charge >= 0.3 is 0 Å². The normalized spacial score (nSPS) is 10.3. The first kappa shape index (κ1) is 13.7. The second-order valence-electron chi connectivity index (χ2n) is 4.50. The van der Waals surface area contributed by atoms with Crippen LogP contribution in [-0.2, 0) is 0 Å². The molecule has 3 heteroatoms. The number of carbonyl (C=O) groups is 1. The number of aryl methyl sites for hydroxylation is 2. The number of anilines is 1. The molecule has 2 nitrogen and oxygen atoms in total. The predicted molar refractivity (Wildman–Crippen MR) is 82.1 cm³/mol. The first-order valence-electron chi connectivity index (χ1n) is 6.13. The first-order chi connectivity index (χ1) is 9.10. The van der Waals surface area contributed by atoms with Crippen LogP contribution in [-0.4, -0.2) is 12.2 Å². The topological polar surface area (TPSA) is 29.1 Å². The van der Waals surface area contributed by atoms with Crippen molar-refractivity contribution in [1.82, 2.24) is 0 Å². The molecule has 98 valence electrons. The maximum atomic E-state index is 12.2. The number of rotatable bonds is 3. The molecule has 2 aromatic rings. The molecule has 0 bridgehead atoms. The van der Waals surface area contributed by atoms with Crippen molar-refractivity contribution >= 4 is 23.4 Å². The minimum Gasteiger partial charge on any atom is -0.322 e. The van der Waals surface area contributed by atoms with E-state index in [0.29, 0.717) is 0 Å². The summed E-state index contributed by atoms with van der Waals surface area (Å²) in [6.45, 7) is 3.98. The number of benzene rings is 2. The van der Waals surface area contributed by atoms with Crippen molar-refractivity contribution in [2.45, 2.75) is 18.7 Å². The minimum absolute atomic E-state index is 0.0595. The van der Waals surface area contributed by atoms with Crippen LogP contribution in [0.4, 0.5) is 5.69 Å². The lowest BCUT2D eigenvalue weighted by Gasteiger charge is -2.09. The highest BCUT2D eigenvalue weighted by Gasteiger charge is 2.09. The van der Waals surface area contributed by atoms with E-state index in [4.69, 9.17) is 0 Å². The van der Waals surface area contributed by atoms with E-state index in [1.165, 1.54) is 5.56 Å². The van der Waals surface area contributed by atoms with Crippen LogP contribution in [0.1, 0.15) is 21.5 Å². The van der Waals surface area contributed by atoms with Crippen molar-refractivity contribution in [2.75, 3.05) is 11.6 Å². The lowest BCUT2D eigenvalue weighted by atomic mass is 10.1. The van der Waals surface area contributed by atoms with Gasteiger partial charge < -0.3 is 5.32 Å². The SMILES string of the molecule is CSc1cccc(NC(=O)c2ccc(C)cc2C)c1. The Hall–Kier alpha value is -1.74. The Balaban J connectivity index is 2.20. The van der Waals surface area contributed by atoms with Crippen LogP contribution in [0.3, 0.4) is 0 Å². The highest BCUT2D eigenvalue weighted by Crippen LogP contribution is 2.20. The van der Waals surface area contributed by atoms with Gasteiger partial charge in [0.1, 0.15) is 0 Å². The molecule has 0 saturated carbocycles. The molecule has 19 heavy (non-hydrogen) atoms. The van der Waals surface area contributed by atoms with Gasteiger partial charge in [0.15, 0.2) is 0 Å². The Morgan fingerprint density at radius 2 is 1.89 bits per heavy atom. The summed E-state index contributed by atoms with van der Waals surface area (Å²) in [7, 11) is 0. The lowest BCUT2D eigenvalue weighted by Crippen LogP contribution is -2.13. The van der Waals surface area contributed by atoms with Gasteiger partial charge in [0.25, 0.3) is 5.91 Å².